The maximum atomic E-state index is 9.88. The number of aromatic hydroxyl groups is 1. The molecule has 112 valence electrons. The predicted molar refractivity (Wildman–Crippen MR) is 83.4 cm³/mol. The Bertz CT molecular complexity index is 445. The van der Waals surface area contributed by atoms with Gasteiger partial charge in [0.1, 0.15) is 0 Å². The van der Waals surface area contributed by atoms with Gasteiger partial charge in [0.25, 0.3) is 0 Å². The minimum atomic E-state index is 0.197. The molecule has 2 rings (SSSR count). The van der Waals surface area contributed by atoms with Gasteiger partial charge >= 0.3 is 0 Å². The fraction of sp³-hybridized carbons (Fsp3) is 0.647. The van der Waals surface area contributed by atoms with Crippen LogP contribution in [0.2, 0.25) is 0 Å². The highest BCUT2D eigenvalue weighted by Crippen LogP contribution is 2.36. The molecule has 0 aliphatic heterocycles. The van der Waals surface area contributed by atoms with Gasteiger partial charge in [0.2, 0.25) is 0 Å². The van der Waals surface area contributed by atoms with Crippen molar-refractivity contribution in [1.82, 2.24) is 0 Å². The van der Waals surface area contributed by atoms with Gasteiger partial charge in [0, 0.05) is 17.8 Å². The summed E-state index contributed by atoms with van der Waals surface area (Å²) >= 11 is 0. The zero-order valence-electron chi connectivity index (χ0n) is 13.0. The standard InChI is InChI=1S/C17H27NO2/c1-11(2)14-7-5-12(3)9-15(14)18-13-6-8-17(20-4)16(19)10-13/h6,8,10-12,14-15,18-19H,5,7,9H2,1-4H3. The lowest BCUT2D eigenvalue weighted by molar-refractivity contribution is 0.212. The van der Waals surface area contributed by atoms with Crippen LogP contribution in [0.15, 0.2) is 18.2 Å². The Balaban J connectivity index is 2.11. The third-order valence-corrected chi connectivity index (χ3v) is 4.55. The fourth-order valence-electron chi connectivity index (χ4n) is 3.36. The van der Waals surface area contributed by atoms with Crippen molar-refractivity contribution in [3.63, 3.8) is 0 Å². The summed E-state index contributed by atoms with van der Waals surface area (Å²) in [6.45, 7) is 6.94. The molecule has 1 saturated carbocycles. The molecule has 1 fully saturated rings. The van der Waals surface area contributed by atoms with Crippen LogP contribution in [-0.4, -0.2) is 18.3 Å². The second kappa shape index (κ2) is 6.38. The SMILES string of the molecule is COc1ccc(NC2CC(C)CCC2C(C)C)cc1O. The Morgan fingerprint density at radius 2 is 2.05 bits per heavy atom. The number of rotatable bonds is 4. The number of hydrogen-bond donors (Lipinski definition) is 2. The first kappa shape index (κ1) is 15.0. The summed E-state index contributed by atoms with van der Waals surface area (Å²) in [7, 11) is 1.57. The third-order valence-electron chi connectivity index (χ3n) is 4.55. The number of nitrogens with one attached hydrogen (secondary N) is 1. The van der Waals surface area contributed by atoms with Gasteiger partial charge in [-0.2, -0.15) is 0 Å². The average molecular weight is 277 g/mol. The van der Waals surface area contributed by atoms with Crippen molar-refractivity contribution in [2.45, 2.75) is 46.1 Å². The Hall–Kier alpha value is -1.38. The van der Waals surface area contributed by atoms with Crippen LogP contribution in [0, 0.1) is 17.8 Å². The molecule has 0 amide bonds. The van der Waals surface area contributed by atoms with Gasteiger partial charge in [-0.25, -0.2) is 0 Å². The molecular formula is C17H27NO2. The molecule has 3 unspecified atom stereocenters. The van der Waals surface area contributed by atoms with E-state index < -0.39 is 0 Å². The number of ether oxygens (including phenoxy) is 1. The number of anilines is 1. The van der Waals surface area contributed by atoms with E-state index in [1.54, 1.807) is 13.2 Å². The Labute approximate surface area is 122 Å². The molecule has 0 bridgehead atoms. The van der Waals surface area contributed by atoms with E-state index in [1.165, 1.54) is 19.3 Å². The second-order valence-electron chi connectivity index (χ2n) is 6.46. The zero-order valence-corrected chi connectivity index (χ0v) is 13.0. The maximum Gasteiger partial charge on any atom is 0.160 e. The summed E-state index contributed by atoms with van der Waals surface area (Å²) in [6.07, 6.45) is 3.82. The van der Waals surface area contributed by atoms with Crippen LogP contribution < -0.4 is 10.1 Å². The number of hydrogen-bond acceptors (Lipinski definition) is 3. The van der Waals surface area contributed by atoms with Crippen LogP contribution in [0.25, 0.3) is 0 Å². The molecule has 2 N–H and O–H groups in total. The highest BCUT2D eigenvalue weighted by molar-refractivity contribution is 5.54. The number of methoxy groups -OCH3 is 1. The lowest BCUT2D eigenvalue weighted by Gasteiger charge is -2.38. The topological polar surface area (TPSA) is 41.5 Å². The summed E-state index contributed by atoms with van der Waals surface area (Å²) in [5.74, 6) is 2.88. The molecule has 3 atom stereocenters. The van der Waals surface area contributed by atoms with Gasteiger partial charge in [-0.3, -0.25) is 0 Å². The molecule has 3 heteroatoms. The molecule has 1 aliphatic rings. The quantitative estimate of drug-likeness (QED) is 0.863. The Morgan fingerprint density at radius 3 is 2.65 bits per heavy atom. The van der Waals surface area contributed by atoms with Crippen molar-refractivity contribution in [3.05, 3.63) is 18.2 Å². The summed E-state index contributed by atoms with van der Waals surface area (Å²) < 4.78 is 5.09. The van der Waals surface area contributed by atoms with Crippen LogP contribution in [0.4, 0.5) is 5.69 Å². The van der Waals surface area contributed by atoms with E-state index in [0.717, 1.165) is 11.6 Å². The van der Waals surface area contributed by atoms with Gasteiger partial charge in [-0.1, -0.05) is 27.2 Å². The first-order valence-corrected chi connectivity index (χ1v) is 7.64. The Kier molecular flexibility index (Phi) is 4.79. The van der Waals surface area contributed by atoms with Gasteiger partial charge in [-0.05, 0) is 42.7 Å². The van der Waals surface area contributed by atoms with E-state index in [1.807, 2.05) is 12.1 Å². The average Bonchev–Trinajstić information content (AvgIpc) is 2.38. The van der Waals surface area contributed by atoms with Gasteiger partial charge in [0.05, 0.1) is 7.11 Å². The van der Waals surface area contributed by atoms with E-state index in [0.29, 0.717) is 23.6 Å². The third kappa shape index (κ3) is 3.38. The highest BCUT2D eigenvalue weighted by atomic mass is 16.5. The van der Waals surface area contributed by atoms with E-state index in [-0.39, 0.29) is 5.75 Å². The van der Waals surface area contributed by atoms with Crippen molar-refractivity contribution >= 4 is 5.69 Å². The van der Waals surface area contributed by atoms with E-state index in [9.17, 15) is 5.11 Å². The van der Waals surface area contributed by atoms with Gasteiger partial charge in [-0.15, -0.1) is 0 Å². The smallest absolute Gasteiger partial charge is 0.160 e. The van der Waals surface area contributed by atoms with Crippen LogP contribution in [0.5, 0.6) is 11.5 Å². The van der Waals surface area contributed by atoms with Crippen LogP contribution in [0.1, 0.15) is 40.0 Å². The molecular weight excluding hydrogens is 250 g/mol. The van der Waals surface area contributed by atoms with Crippen molar-refractivity contribution in [2.24, 2.45) is 17.8 Å². The molecule has 1 aliphatic carbocycles. The first-order chi connectivity index (χ1) is 9.51. The van der Waals surface area contributed by atoms with Crippen molar-refractivity contribution in [2.75, 3.05) is 12.4 Å². The molecule has 0 radical (unpaired) electrons. The van der Waals surface area contributed by atoms with E-state index in [2.05, 4.69) is 26.1 Å². The lowest BCUT2D eigenvalue weighted by atomic mass is 9.74. The summed E-state index contributed by atoms with van der Waals surface area (Å²) in [5.41, 5.74) is 0.980. The van der Waals surface area contributed by atoms with Crippen LogP contribution >= 0.6 is 0 Å². The maximum absolute atomic E-state index is 9.88. The fourth-order valence-corrected chi connectivity index (χ4v) is 3.36. The van der Waals surface area contributed by atoms with Crippen molar-refractivity contribution < 1.29 is 9.84 Å². The summed E-state index contributed by atoms with van der Waals surface area (Å²) in [6, 6.07) is 6.05. The van der Waals surface area contributed by atoms with Gasteiger partial charge in [0.15, 0.2) is 11.5 Å². The first-order valence-electron chi connectivity index (χ1n) is 7.64. The predicted octanol–water partition coefficient (Wildman–Crippen LogP) is 4.27. The Morgan fingerprint density at radius 1 is 1.30 bits per heavy atom. The normalized spacial score (nSPS) is 26.6. The molecule has 0 saturated heterocycles. The van der Waals surface area contributed by atoms with Crippen molar-refractivity contribution in [3.8, 4) is 11.5 Å². The van der Waals surface area contributed by atoms with Crippen molar-refractivity contribution in [1.29, 1.82) is 0 Å². The van der Waals surface area contributed by atoms with Crippen LogP contribution in [-0.2, 0) is 0 Å². The highest BCUT2D eigenvalue weighted by Gasteiger charge is 2.30. The second-order valence-corrected chi connectivity index (χ2v) is 6.46. The molecule has 1 aromatic rings. The van der Waals surface area contributed by atoms with E-state index in [4.69, 9.17) is 4.74 Å². The molecule has 0 aromatic heterocycles. The molecule has 1 aromatic carbocycles. The molecule has 0 heterocycles. The summed E-state index contributed by atoms with van der Waals surface area (Å²) in [5, 5.41) is 13.5. The minimum Gasteiger partial charge on any atom is -0.504 e. The molecule has 0 spiro atoms. The van der Waals surface area contributed by atoms with E-state index >= 15 is 0 Å². The van der Waals surface area contributed by atoms with Crippen LogP contribution in [0.3, 0.4) is 0 Å². The summed E-state index contributed by atoms with van der Waals surface area (Å²) in [4.78, 5) is 0. The number of phenols is 1. The lowest BCUT2D eigenvalue weighted by Crippen LogP contribution is -2.37. The number of phenolic OH excluding ortho intramolecular Hbond substituents is 1. The van der Waals surface area contributed by atoms with Gasteiger partial charge < -0.3 is 15.2 Å². The zero-order chi connectivity index (χ0) is 14.7. The minimum absolute atomic E-state index is 0.197. The largest absolute Gasteiger partial charge is 0.504 e. The molecule has 3 nitrogen and oxygen atoms in total. The number of benzene rings is 1. The monoisotopic (exact) mass is 277 g/mol. The molecule has 20 heavy (non-hydrogen) atoms.